The molecule has 4 rings (SSSR count). The van der Waals surface area contributed by atoms with Crippen molar-refractivity contribution in [2.75, 3.05) is 50.2 Å². The number of amides is 2. The number of carbonyl (C=O) groups excluding carboxylic acids is 2. The van der Waals surface area contributed by atoms with Gasteiger partial charge in [0.15, 0.2) is 11.6 Å². The summed E-state index contributed by atoms with van der Waals surface area (Å²) in [5.41, 5.74) is 5.04. The van der Waals surface area contributed by atoms with E-state index in [1.54, 1.807) is 11.2 Å². The number of aromatic nitrogens is 3. The molecule has 2 fully saturated rings. The molecule has 12 nitrogen and oxygen atoms in total. The quantitative estimate of drug-likeness (QED) is 0.152. The van der Waals surface area contributed by atoms with Crippen molar-refractivity contribution >= 4 is 46.9 Å². The van der Waals surface area contributed by atoms with Crippen LogP contribution in [-0.4, -0.2) is 87.2 Å². The van der Waals surface area contributed by atoms with Gasteiger partial charge in [0.05, 0.1) is 19.0 Å². The average Bonchev–Trinajstić information content (AvgIpc) is 3.62. The summed E-state index contributed by atoms with van der Waals surface area (Å²) < 4.78 is 15.8. The van der Waals surface area contributed by atoms with E-state index in [4.69, 9.17) is 11.6 Å². The molecule has 0 radical (unpaired) electrons. The Bertz CT molecular complexity index is 1070. The van der Waals surface area contributed by atoms with Gasteiger partial charge < -0.3 is 4.90 Å². The first-order chi connectivity index (χ1) is 18.3. The molecule has 1 aliphatic heterocycles. The molecule has 0 bridgehead atoms. The number of piperazine rings is 1. The van der Waals surface area contributed by atoms with E-state index in [0.717, 1.165) is 43.8 Å². The Balaban J connectivity index is 1.52. The lowest BCUT2D eigenvalue weighted by Crippen LogP contribution is -2.53. The highest BCUT2D eigenvalue weighted by Crippen LogP contribution is 2.31. The summed E-state index contributed by atoms with van der Waals surface area (Å²) in [6, 6.07) is 0. The number of anilines is 2. The van der Waals surface area contributed by atoms with Crippen molar-refractivity contribution in [1.29, 1.82) is 0 Å². The predicted molar refractivity (Wildman–Crippen MR) is 141 cm³/mol. The molecule has 1 atom stereocenters. The topological polar surface area (TPSA) is 130 Å². The number of carbonyl (C=O) groups is 2. The van der Waals surface area contributed by atoms with E-state index in [1.165, 1.54) is 11.3 Å². The van der Waals surface area contributed by atoms with Crippen molar-refractivity contribution in [3.8, 4) is 0 Å². The minimum absolute atomic E-state index is 0.0357. The lowest BCUT2D eigenvalue weighted by molar-refractivity contribution is -0.154. The van der Waals surface area contributed by atoms with Crippen LogP contribution in [0.25, 0.3) is 0 Å². The third kappa shape index (κ3) is 7.47. The van der Waals surface area contributed by atoms with Crippen LogP contribution in [0.4, 0.5) is 16.0 Å². The molecular formula is C23H33ClFN9O3S. The first-order valence-electron chi connectivity index (χ1n) is 12.6. The maximum Gasteiger partial charge on any atom is 0.243 e. The second-order valence-electron chi connectivity index (χ2n) is 9.64. The van der Waals surface area contributed by atoms with Gasteiger partial charge in [0.25, 0.3) is 0 Å². The standard InChI is InChI=1S/C23H33ClFN9O3S/c1-31-7-9-32(10-8-31)34(14-18-26-6-11-38-18)21-19(25)20(27-23(24)28-21)29-30-22(36)17(13-33(37)15-35)12-16-4-2-3-5-16/h6,11,15-17,37H,2-5,7-10,12-14H2,1H3,(H,30,36)(H,27,28,29)/t17-/m1/s1. The molecule has 2 aromatic rings. The molecule has 3 N–H and O–H groups in total. The Labute approximate surface area is 229 Å². The first kappa shape index (κ1) is 28.4. The number of halogens is 2. The molecule has 38 heavy (non-hydrogen) atoms. The number of likely N-dealkylation sites (N-methyl/N-ethyl adjacent to an activating group) is 1. The van der Waals surface area contributed by atoms with Crippen molar-refractivity contribution < 1.29 is 19.2 Å². The summed E-state index contributed by atoms with van der Waals surface area (Å²) in [7, 11) is 2.03. The van der Waals surface area contributed by atoms with Gasteiger partial charge in [0.1, 0.15) is 5.01 Å². The van der Waals surface area contributed by atoms with Gasteiger partial charge >= 0.3 is 0 Å². The van der Waals surface area contributed by atoms with Crippen molar-refractivity contribution in [1.82, 2.24) is 35.3 Å². The molecule has 0 unspecified atom stereocenters. The van der Waals surface area contributed by atoms with E-state index < -0.39 is 17.6 Å². The highest BCUT2D eigenvalue weighted by Gasteiger charge is 2.30. The van der Waals surface area contributed by atoms with Crippen molar-refractivity contribution in [3.05, 3.63) is 27.7 Å². The fourth-order valence-corrected chi connectivity index (χ4v) is 5.63. The molecule has 0 aromatic carbocycles. The Kier molecular flexibility index (Phi) is 10.0. The molecule has 3 heterocycles. The SMILES string of the molecule is CN1CCN(N(Cc2nccs2)c2nc(Cl)nc(NNC(=O)[C@H](CC3CCCC3)CN(O)C=O)c2F)CC1. The van der Waals surface area contributed by atoms with Crippen LogP contribution >= 0.6 is 22.9 Å². The van der Waals surface area contributed by atoms with Crippen LogP contribution in [0.1, 0.15) is 37.1 Å². The molecular weight excluding hydrogens is 537 g/mol. The van der Waals surface area contributed by atoms with Gasteiger partial charge in [-0.25, -0.2) is 15.1 Å². The van der Waals surface area contributed by atoms with Gasteiger partial charge in [-0.05, 0) is 31.0 Å². The Morgan fingerprint density at radius 2 is 2.05 bits per heavy atom. The van der Waals surface area contributed by atoms with Gasteiger partial charge in [-0.3, -0.25) is 30.7 Å². The second kappa shape index (κ2) is 13.4. The van der Waals surface area contributed by atoms with Gasteiger partial charge in [0, 0.05) is 37.8 Å². The summed E-state index contributed by atoms with van der Waals surface area (Å²) >= 11 is 7.65. The lowest BCUT2D eigenvalue weighted by Gasteiger charge is -2.40. The number of hydroxylamine groups is 2. The first-order valence-corrected chi connectivity index (χ1v) is 13.9. The molecule has 0 spiro atoms. The Morgan fingerprint density at radius 3 is 2.71 bits per heavy atom. The van der Waals surface area contributed by atoms with E-state index in [9.17, 15) is 14.8 Å². The molecule has 2 aromatic heterocycles. The van der Waals surface area contributed by atoms with Gasteiger partial charge in [-0.2, -0.15) is 14.4 Å². The van der Waals surface area contributed by atoms with Crippen LogP contribution in [-0.2, 0) is 16.1 Å². The van der Waals surface area contributed by atoms with Crippen LogP contribution in [0.5, 0.6) is 0 Å². The van der Waals surface area contributed by atoms with Crippen molar-refractivity contribution in [2.45, 2.75) is 38.6 Å². The van der Waals surface area contributed by atoms with E-state index in [-0.39, 0.29) is 29.9 Å². The lowest BCUT2D eigenvalue weighted by atomic mass is 9.92. The zero-order valence-corrected chi connectivity index (χ0v) is 22.8. The van der Waals surface area contributed by atoms with Gasteiger partial charge in [-0.1, -0.05) is 25.7 Å². The molecule has 1 aliphatic carbocycles. The van der Waals surface area contributed by atoms with E-state index in [1.807, 2.05) is 17.4 Å². The fraction of sp³-hybridized carbons (Fsp3) is 0.609. The number of nitrogens with zero attached hydrogens (tertiary/aromatic N) is 7. The summed E-state index contributed by atoms with van der Waals surface area (Å²) in [5.74, 6) is -1.96. The van der Waals surface area contributed by atoms with E-state index in [2.05, 4.69) is 30.7 Å². The average molecular weight is 570 g/mol. The largest absolute Gasteiger partial charge is 0.304 e. The Hall–Kier alpha value is -2.65. The van der Waals surface area contributed by atoms with Crippen LogP contribution in [0.15, 0.2) is 11.6 Å². The summed E-state index contributed by atoms with van der Waals surface area (Å²) in [5, 5.41) is 16.3. The summed E-state index contributed by atoms with van der Waals surface area (Å²) in [6.45, 7) is 3.01. The van der Waals surface area contributed by atoms with Crippen LogP contribution in [0.3, 0.4) is 0 Å². The molecule has 2 aliphatic rings. The number of nitrogens with one attached hydrogen (secondary N) is 2. The fourth-order valence-electron chi connectivity index (χ4n) is 4.87. The molecule has 1 saturated carbocycles. The zero-order valence-electron chi connectivity index (χ0n) is 21.2. The second-order valence-corrected chi connectivity index (χ2v) is 11.0. The van der Waals surface area contributed by atoms with Crippen LogP contribution in [0, 0.1) is 17.7 Å². The maximum absolute atomic E-state index is 15.8. The number of hydrogen-bond donors (Lipinski definition) is 3. The highest BCUT2D eigenvalue weighted by molar-refractivity contribution is 7.09. The highest BCUT2D eigenvalue weighted by atomic mass is 35.5. The van der Waals surface area contributed by atoms with Crippen LogP contribution in [0.2, 0.25) is 5.28 Å². The minimum atomic E-state index is -0.783. The minimum Gasteiger partial charge on any atom is -0.304 e. The zero-order chi connectivity index (χ0) is 27.1. The van der Waals surface area contributed by atoms with E-state index >= 15 is 4.39 Å². The molecule has 208 valence electrons. The maximum atomic E-state index is 15.8. The number of rotatable bonds is 12. The normalized spacial score (nSPS) is 17.8. The molecule has 2 amide bonds. The summed E-state index contributed by atoms with van der Waals surface area (Å²) in [6.07, 6.45) is 6.61. The van der Waals surface area contributed by atoms with Gasteiger partial charge in [-0.15, -0.1) is 11.3 Å². The third-order valence-electron chi connectivity index (χ3n) is 6.94. The number of thiazole rings is 1. The monoisotopic (exact) mass is 569 g/mol. The van der Waals surface area contributed by atoms with Gasteiger partial charge in [0.2, 0.25) is 23.4 Å². The smallest absolute Gasteiger partial charge is 0.243 e. The van der Waals surface area contributed by atoms with Crippen molar-refractivity contribution in [2.24, 2.45) is 11.8 Å². The molecule has 1 saturated heterocycles. The predicted octanol–water partition coefficient (Wildman–Crippen LogP) is 2.38. The number of hydrazine groups is 2. The van der Waals surface area contributed by atoms with Crippen LogP contribution < -0.4 is 15.9 Å². The molecule has 15 heteroatoms. The number of hydrogen-bond acceptors (Lipinski definition) is 11. The Morgan fingerprint density at radius 1 is 1.32 bits per heavy atom. The van der Waals surface area contributed by atoms with Crippen molar-refractivity contribution in [3.63, 3.8) is 0 Å². The summed E-state index contributed by atoms with van der Waals surface area (Å²) in [4.78, 5) is 38.6. The van der Waals surface area contributed by atoms with E-state index in [0.29, 0.717) is 37.0 Å². The third-order valence-corrected chi connectivity index (χ3v) is 7.87.